The van der Waals surface area contributed by atoms with E-state index in [0.717, 1.165) is 17.2 Å². The molecular formula is C24H19ClN2O6. The molecule has 0 fully saturated rings. The number of anilines is 1. The van der Waals surface area contributed by atoms with Gasteiger partial charge in [-0.25, -0.2) is 4.79 Å². The van der Waals surface area contributed by atoms with Gasteiger partial charge in [-0.15, -0.1) is 0 Å². The maximum Gasteiger partial charge on any atom is 0.339 e. The number of nitro benzene ring substituents is 1. The van der Waals surface area contributed by atoms with E-state index in [-0.39, 0.29) is 33.3 Å². The van der Waals surface area contributed by atoms with E-state index in [1.165, 1.54) is 24.3 Å². The van der Waals surface area contributed by atoms with Crippen molar-refractivity contribution in [1.29, 1.82) is 0 Å². The standard InChI is InChI=1S/C24H19ClN2O6/c1-14-7-8-16(11-15(14)2)23(29)18-5-3-4-6-19(18)24(30)33-13-22(28)26-21-12-17(27(31)32)9-10-20(21)25/h3-12H,13H2,1-2H3,(H,26,28). The Morgan fingerprint density at radius 2 is 1.67 bits per heavy atom. The van der Waals surface area contributed by atoms with Gasteiger partial charge in [-0.3, -0.25) is 19.7 Å². The van der Waals surface area contributed by atoms with Crippen LogP contribution in [0, 0.1) is 24.0 Å². The molecule has 0 aliphatic heterocycles. The van der Waals surface area contributed by atoms with E-state index in [2.05, 4.69) is 5.32 Å². The highest BCUT2D eigenvalue weighted by Gasteiger charge is 2.21. The zero-order valence-electron chi connectivity index (χ0n) is 17.8. The minimum Gasteiger partial charge on any atom is -0.452 e. The second-order valence-corrected chi connectivity index (χ2v) is 7.63. The Bertz CT molecular complexity index is 1270. The summed E-state index contributed by atoms with van der Waals surface area (Å²) in [4.78, 5) is 48.1. The largest absolute Gasteiger partial charge is 0.452 e. The first-order valence-corrected chi connectivity index (χ1v) is 10.2. The molecule has 3 aromatic rings. The highest BCUT2D eigenvalue weighted by molar-refractivity contribution is 6.33. The molecule has 8 nitrogen and oxygen atoms in total. The van der Waals surface area contributed by atoms with Crippen molar-refractivity contribution in [2.75, 3.05) is 11.9 Å². The smallest absolute Gasteiger partial charge is 0.339 e. The predicted molar refractivity (Wildman–Crippen MR) is 123 cm³/mol. The summed E-state index contributed by atoms with van der Waals surface area (Å²) < 4.78 is 5.07. The second-order valence-electron chi connectivity index (χ2n) is 7.22. The van der Waals surface area contributed by atoms with Crippen molar-refractivity contribution in [3.8, 4) is 0 Å². The van der Waals surface area contributed by atoms with Crippen molar-refractivity contribution in [3.05, 3.63) is 104 Å². The average Bonchev–Trinajstić information content (AvgIpc) is 2.80. The molecule has 1 amide bonds. The molecule has 0 unspecified atom stereocenters. The molecule has 3 rings (SSSR count). The van der Waals surface area contributed by atoms with E-state index in [1.807, 2.05) is 19.9 Å². The van der Waals surface area contributed by atoms with Gasteiger partial charge in [-0.05, 0) is 43.2 Å². The molecule has 168 valence electrons. The molecule has 0 aliphatic carbocycles. The highest BCUT2D eigenvalue weighted by atomic mass is 35.5. The van der Waals surface area contributed by atoms with Crippen LogP contribution in [0.25, 0.3) is 0 Å². The number of ether oxygens (including phenoxy) is 1. The van der Waals surface area contributed by atoms with Crippen molar-refractivity contribution in [2.45, 2.75) is 13.8 Å². The minimum atomic E-state index is -0.858. The van der Waals surface area contributed by atoms with Crippen molar-refractivity contribution in [1.82, 2.24) is 0 Å². The van der Waals surface area contributed by atoms with Crippen LogP contribution >= 0.6 is 11.6 Å². The Kier molecular flexibility index (Phi) is 7.20. The van der Waals surface area contributed by atoms with E-state index in [9.17, 15) is 24.5 Å². The summed E-state index contributed by atoms with van der Waals surface area (Å²) in [6, 6.07) is 15.0. The molecule has 3 aromatic carbocycles. The first-order chi connectivity index (χ1) is 15.7. The molecule has 0 aliphatic rings. The second kappa shape index (κ2) is 10.1. The molecule has 0 radical (unpaired) electrons. The number of non-ortho nitro benzene ring substituents is 1. The lowest BCUT2D eigenvalue weighted by molar-refractivity contribution is -0.384. The predicted octanol–water partition coefficient (Wildman–Crippen LogP) is 4.89. The molecular weight excluding hydrogens is 448 g/mol. The lowest BCUT2D eigenvalue weighted by Gasteiger charge is -2.11. The number of ketones is 1. The summed E-state index contributed by atoms with van der Waals surface area (Å²) in [6.45, 7) is 3.14. The number of hydrogen-bond acceptors (Lipinski definition) is 6. The van der Waals surface area contributed by atoms with Gasteiger partial charge in [-0.1, -0.05) is 41.9 Å². The molecule has 0 saturated heterocycles. The Balaban J connectivity index is 1.72. The summed E-state index contributed by atoms with van der Waals surface area (Å²) in [5.74, 6) is -1.95. The third kappa shape index (κ3) is 5.61. The van der Waals surface area contributed by atoms with Crippen LogP contribution in [0.3, 0.4) is 0 Å². The molecule has 9 heteroatoms. The average molecular weight is 467 g/mol. The summed E-state index contributed by atoms with van der Waals surface area (Å²) in [6.07, 6.45) is 0. The number of nitro groups is 1. The molecule has 0 atom stereocenters. The zero-order valence-corrected chi connectivity index (χ0v) is 18.5. The van der Waals surface area contributed by atoms with Crippen molar-refractivity contribution in [2.24, 2.45) is 0 Å². The van der Waals surface area contributed by atoms with Crippen molar-refractivity contribution >= 4 is 40.6 Å². The van der Waals surface area contributed by atoms with Gasteiger partial charge in [0.25, 0.3) is 11.6 Å². The van der Waals surface area contributed by atoms with Gasteiger partial charge in [0.2, 0.25) is 0 Å². The number of hydrogen-bond donors (Lipinski definition) is 1. The van der Waals surface area contributed by atoms with Crippen LogP contribution in [-0.4, -0.2) is 29.2 Å². The summed E-state index contributed by atoms with van der Waals surface area (Å²) in [5, 5.41) is 13.4. The first-order valence-electron chi connectivity index (χ1n) is 9.79. The van der Waals surface area contributed by atoms with Crippen LogP contribution in [0.2, 0.25) is 5.02 Å². The van der Waals surface area contributed by atoms with Crippen LogP contribution in [0.5, 0.6) is 0 Å². The van der Waals surface area contributed by atoms with Gasteiger partial charge in [-0.2, -0.15) is 0 Å². The van der Waals surface area contributed by atoms with E-state index >= 15 is 0 Å². The van der Waals surface area contributed by atoms with Crippen LogP contribution in [-0.2, 0) is 9.53 Å². The number of carbonyl (C=O) groups excluding carboxylic acids is 3. The Morgan fingerprint density at radius 1 is 0.970 bits per heavy atom. The highest BCUT2D eigenvalue weighted by Crippen LogP contribution is 2.26. The SMILES string of the molecule is Cc1ccc(C(=O)c2ccccc2C(=O)OCC(=O)Nc2cc([N+](=O)[O-])ccc2Cl)cc1C. The van der Waals surface area contributed by atoms with Gasteiger partial charge in [0, 0.05) is 23.3 Å². The van der Waals surface area contributed by atoms with Crippen LogP contribution in [0.15, 0.2) is 60.7 Å². The lowest BCUT2D eigenvalue weighted by Crippen LogP contribution is -2.22. The summed E-state index contributed by atoms with van der Waals surface area (Å²) in [5.41, 5.74) is 2.32. The molecule has 33 heavy (non-hydrogen) atoms. The quantitative estimate of drug-likeness (QED) is 0.229. The van der Waals surface area contributed by atoms with E-state index < -0.39 is 23.4 Å². The third-order valence-electron chi connectivity index (χ3n) is 4.93. The number of rotatable bonds is 7. The number of nitrogens with one attached hydrogen (secondary N) is 1. The molecule has 0 bridgehead atoms. The maximum atomic E-state index is 13.0. The molecule has 0 saturated carbocycles. The van der Waals surface area contributed by atoms with Gasteiger partial charge < -0.3 is 10.1 Å². The maximum absolute atomic E-state index is 13.0. The van der Waals surface area contributed by atoms with Crippen molar-refractivity contribution < 1.29 is 24.0 Å². The fraction of sp³-hybridized carbons (Fsp3) is 0.125. The zero-order chi connectivity index (χ0) is 24.1. The van der Waals surface area contributed by atoms with Crippen LogP contribution < -0.4 is 5.32 Å². The third-order valence-corrected chi connectivity index (χ3v) is 5.26. The van der Waals surface area contributed by atoms with Gasteiger partial charge in [0.05, 0.1) is 21.2 Å². The number of carbonyl (C=O) groups is 3. The Labute approximate surface area is 194 Å². The van der Waals surface area contributed by atoms with Crippen LogP contribution in [0.4, 0.5) is 11.4 Å². The minimum absolute atomic E-state index is 0.0113. The van der Waals surface area contributed by atoms with E-state index in [4.69, 9.17) is 16.3 Å². The van der Waals surface area contributed by atoms with Gasteiger partial charge >= 0.3 is 5.97 Å². The number of amides is 1. The van der Waals surface area contributed by atoms with Crippen molar-refractivity contribution in [3.63, 3.8) is 0 Å². The Hall–Kier alpha value is -4.04. The summed E-state index contributed by atoms with van der Waals surface area (Å²) >= 11 is 5.96. The fourth-order valence-electron chi connectivity index (χ4n) is 3.02. The molecule has 0 spiro atoms. The number of aryl methyl sites for hydroxylation is 2. The van der Waals surface area contributed by atoms with E-state index in [1.54, 1.807) is 24.3 Å². The number of esters is 1. The lowest BCUT2D eigenvalue weighted by atomic mass is 9.96. The molecule has 0 aromatic heterocycles. The van der Waals surface area contributed by atoms with E-state index in [0.29, 0.717) is 5.56 Å². The molecule has 1 N–H and O–H groups in total. The molecule has 0 heterocycles. The van der Waals surface area contributed by atoms with Gasteiger partial charge in [0.15, 0.2) is 12.4 Å². The monoisotopic (exact) mass is 466 g/mol. The van der Waals surface area contributed by atoms with Gasteiger partial charge in [0.1, 0.15) is 0 Å². The normalized spacial score (nSPS) is 10.4. The topological polar surface area (TPSA) is 116 Å². The summed E-state index contributed by atoms with van der Waals surface area (Å²) in [7, 11) is 0. The number of nitrogens with zero attached hydrogens (tertiary/aromatic N) is 1. The van der Waals surface area contributed by atoms with Crippen LogP contribution in [0.1, 0.15) is 37.4 Å². The fourth-order valence-corrected chi connectivity index (χ4v) is 3.18. The number of halogens is 1. The Morgan fingerprint density at radius 3 is 2.33 bits per heavy atom. The first kappa shape index (κ1) is 23.6. The number of benzene rings is 3.